The molecule has 0 saturated carbocycles. The van der Waals surface area contributed by atoms with Crippen LogP contribution >= 0.6 is 0 Å². The fourth-order valence-electron chi connectivity index (χ4n) is 2.23. The van der Waals surface area contributed by atoms with E-state index < -0.39 is 0 Å². The van der Waals surface area contributed by atoms with Gasteiger partial charge in [-0.3, -0.25) is 9.59 Å². The van der Waals surface area contributed by atoms with Crippen molar-refractivity contribution in [1.82, 2.24) is 15.5 Å². The molecule has 25 heavy (non-hydrogen) atoms. The van der Waals surface area contributed by atoms with Gasteiger partial charge in [-0.2, -0.15) is 4.98 Å². The summed E-state index contributed by atoms with van der Waals surface area (Å²) < 4.78 is 5.09. The summed E-state index contributed by atoms with van der Waals surface area (Å²) >= 11 is 0. The molecule has 7 heteroatoms. The Morgan fingerprint density at radius 3 is 2.08 bits per heavy atom. The topological polar surface area (TPSA) is 97.1 Å². The van der Waals surface area contributed by atoms with Gasteiger partial charge in [0.25, 0.3) is 17.7 Å². The van der Waals surface area contributed by atoms with Crippen LogP contribution < -0.4 is 10.6 Å². The highest BCUT2D eigenvalue weighted by molar-refractivity contribution is 6.04. The second-order valence-corrected chi connectivity index (χ2v) is 5.33. The van der Waals surface area contributed by atoms with Crippen LogP contribution in [0.4, 0.5) is 5.69 Å². The van der Waals surface area contributed by atoms with E-state index in [1.165, 1.54) is 0 Å². The SMILES string of the molecule is CNC(=O)c1ccc(NC(=O)c2ccc(-c3nc(C)no3)cc2)cc1. The maximum Gasteiger partial charge on any atom is 0.257 e. The summed E-state index contributed by atoms with van der Waals surface area (Å²) in [6.07, 6.45) is 0. The van der Waals surface area contributed by atoms with Gasteiger partial charge in [0.15, 0.2) is 5.82 Å². The zero-order valence-corrected chi connectivity index (χ0v) is 13.7. The van der Waals surface area contributed by atoms with Crippen molar-refractivity contribution < 1.29 is 14.1 Å². The smallest absolute Gasteiger partial charge is 0.257 e. The van der Waals surface area contributed by atoms with Crippen molar-refractivity contribution in [3.63, 3.8) is 0 Å². The lowest BCUT2D eigenvalue weighted by Crippen LogP contribution is -2.17. The van der Waals surface area contributed by atoms with E-state index in [0.29, 0.717) is 28.5 Å². The lowest BCUT2D eigenvalue weighted by molar-refractivity contribution is 0.0962. The third-order valence-corrected chi connectivity index (χ3v) is 3.55. The third kappa shape index (κ3) is 3.72. The molecule has 0 radical (unpaired) electrons. The Kier molecular flexibility index (Phi) is 4.56. The van der Waals surface area contributed by atoms with Gasteiger partial charge in [-0.25, -0.2) is 0 Å². The number of nitrogens with zero attached hydrogens (tertiary/aromatic N) is 2. The number of aromatic nitrogens is 2. The predicted octanol–water partition coefficient (Wildman–Crippen LogP) is 2.66. The average Bonchev–Trinajstić information content (AvgIpc) is 3.08. The Morgan fingerprint density at radius 2 is 1.52 bits per heavy atom. The summed E-state index contributed by atoms with van der Waals surface area (Å²) in [4.78, 5) is 27.9. The van der Waals surface area contributed by atoms with Crippen molar-refractivity contribution in [3.05, 3.63) is 65.5 Å². The standard InChI is InChI=1S/C18H16N4O3/c1-11-20-18(25-22-11)14-5-3-13(4-6-14)17(24)21-15-9-7-12(8-10-15)16(23)19-2/h3-10H,1-2H3,(H,19,23)(H,21,24). The van der Waals surface area contributed by atoms with Crippen LogP contribution in [-0.2, 0) is 0 Å². The molecule has 0 aliphatic rings. The third-order valence-electron chi connectivity index (χ3n) is 3.55. The molecule has 2 amide bonds. The van der Waals surface area contributed by atoms with Crippen LogP contribution in [0.25, 0.3) is 11.5 Å². The summed E-state index contributed by atoms with van der Waals surface area (Å²) in [5.41, 5.74) is 2.37. The Morgan fingerprint density at radius 1 is 0.920 bits per heavy atom. The van der Waals surface area contributed by atoms with E-state index in [4.69, 9.17) is 4.52 Å². The molecule has 2 aromatic carbocycles. The highest BCUT2D eigenvalue weighted by Gasteiger charge is 2.10. The first-order valence-corrected chi connectivity index (χ1v) is 7.61. The molecular formula is C18H16N4O3. The van der Waals surface area contributed by atoms with E-state index >= 15 is 0 Å². The fraction of sp³-hybridized carbons (Fsp3) is 0.111. The molecule has 0 bridgehead atoms. The number of benzene rings is 2. The zero-order chi connectivity index (χ0) is 17.8. The number of rotatable bonds is 4. The van der Waals surface area contributed by atoms with Crippen molar-refractivity contribution in [3.8, 4) is 11.5 Å². The molecule has 0 unspecified atom stereocenters. The zero-order valence-electron chi connectivity index (χ0n) is 13.7. The average molecular weight is 336 g/mol. The van der Waals surface area contributed by atoms with Crippen molar-refractivity contribution in [1.29, 1.82) is 0 Å². The summed E-state index contributed by atoms with van der Waals surface area (Å²) in [6.45, 7) is 1.74. The Balaban J connectivity index is 1.70. The van der Waals surface area contributed by atoms with Gasteiger partial charge in [-0.15, -0.1) is 0 Å². The van der Waals surface area contributed by atoms with Crippen LogP contribution in [0.15, 0.2) is 53.1 Å². The van der Waals surface area contributed by atoms with Crippen molar-refractivity contribution >= 4 is 17.5 Å². The lowest BCUT2D eigenvalue weighted by atomic mass is 10.1. The largest absolute Gasteiger partial charge is 0.355 e. The van der Waals surface area contributed by atoms with E-state index in [1.54, 1.807) is 62.5 Å². The Hall–Kier alpha value is -3.48. The van der Waals surface area contributed by atoms with E-state index in [1.807, 2.05) is 0 Å². The van der Waals surface area contributed by atoms with Gasteiger partial charge in [0.2, 0.25) is 0 Å². The first-order chi connectivity index (χ1) is 12.1. The van der Waals surface area contributed by atoms with Gasteiger partial charge in [-0.05, 0) is 55.5 Å². The maximum absolute atomic E-state index is 12.3. The van der Waals surface area contributed by atoms with Crippen LogP contribution in [0.2, 0.25) is 0 Å². The molecule has 0 aliphatic heterocycles. The van der Waals surface area contributed by atoms with Gasteiger partial charge in [0, 0.05) is 29.4 Å². The maximum atomic E-state index is 12.3. The summed E-state index contributed by atoms with van der Waals surface area (Å²) in [7, 11) is 1.57. The van der Waals surface area contributed by atoms with Crippen LogP contribution in [0.5, 0.6) is 0 Å². The van der Waals surface area contributed by atoms with Crippen molar-refractivity contribution in [2.45, 2.75) is 6.92 Å². The minimum Gasteiger partial charge on any atom is -0.355 e. The molecule has 7 nitrogen and oxygen atoms in total. The quantitative estimate of drug-likeness (QED) is 0.763. The van der Waals surface area contributed by atoms with Gasteiger partial charge in [0.05, 0.1) is 0 Å². The molecule has 3 rings (SSSR count). The van der Waals surface area contributed by atoms with E-state index in [9.17, 15) is 9.59 Å². The number of aryl methyl sites for hydroxylation is 1. The fourth-order valence-corrected chi connectivity index (χ4v) is 2.23. The molecule has 0 saturated heterocycles. The molecule has 0 fully saturated rings. The molecule has 1 aromatic heterocycles. The Labute approximate surface area is 144 Å². The molecule has 3 aromatic rings. The number of carbonyl (C=O) groups excluding carboxylic acids is 2. The van der Waals surface area contributed by atoms with Crippen LogP contribution in [0.3, 0.4) is 0 Å². The van der Waals surface area contributed by atoms with Gasteiger partial charge in [-0.1, -0.05) is 5.16 Å². The van der Waals surface area contributed by atoms with Crippen LogP contribution in [-0.4, -0.2) is 29.0 Å². The number of anilines is 1. The van der Waals surface area contributed by atoms with E-state index in [0.717, 1.165) is 5.56 Å². The number of nitrogens with one attached hydrogen (secondary N) is 2. The molecule has 0 atom stereocenters. The number of amides is 2. The number of hydrogen-bond donors (Lipinski definition) is 2. The van der Waals surface area contributed by atoms with Gasteiger partial charge in [0.1, 0.15) is 0 Å². The van der Waals surface area contributed by atoms with Gasteiger partial charge >= 0.3 is 0 Å². The highest BCUT2D eigenvalue weighted by atomic mass is 16.5. The van der Waals surface area contributed by atoms with E-state index in [-0.39, 0.29) is 11.8 Å². The molecular weight excluding hydrogens is 320 g/mol. The Bertz CT molecular complexity index is 899. The first-order valence-electron chi connectivity index (χ1n) is 7.61. The molecule has 2 N–H and O–H groups in total. The highest BCUT2D eigenvalue weighted by Crippen LogP contribution is 2.18. The number of carbonyl (C=O) groups is 2. The number of hydrogen-bond acceptors (Lipinski definition) is 5. The van der Waals surface area contributed by atoms with Crippen LogP contribution in [0, 0.1) is 6.92 Å². The lowest BCUT2D eigenvalue weighted by Gasteiger charge is -2.06. The molecule has 126 valence electrons. The summed E-state index contributed by atoms with van der Waals surface area (Å²) in [6, 6.07) is 13.5. The predicted molar refractivity (Wildman–Crippen MR) is 92.3 cm³/mol. The second kappa shape index (κ2) is 6.96. The first kappa shape index (κ1) is 16.4. The normalized spacial score (nSPS) is 10.3. The van der Waals surface area contributed by atoms with Crippen LogP contribution in [0.1, 0.15) is 26.5 Å². The van der Waals surface area contributed by atoms with Crippen molar-refractivity contribution in [2.75, 3.05) is 12.4 Å². The summed E-state index contributed by atoms with van der Waals surface area (Å²) in [5, 5.41) is 9.07. The molecule has 0 spiro atoms. The van der Waals surface area contributed by atoms with Gasteiger partial charge < -0.3 is 15.2 Å². The van der Waals surface area contributed by atoms with Crippen molar-refractivity contribution in [2.24, 2.45) is 0 Å². The monoisotopic (exact) mass is 336 g/mol. The van der Waals surface area contributed by atoms with E-state index in [2.05, 4.69) is 20.8 Å². The molecule has 0 aliphatic carbocycles. The second-order valence-electron chi connectivity index (χ2n) is 5.33. The minimum atomic E-state index is -0.249. The summed E-state index contributed by atoms with van der Waals surface area (Å²) in [5.74, 6) is 0.539. The molecule has 1 heterocycles. The minimum absolute atomic E-state index is 0.176.